The number of nitrogens with zero attached hydrogens (tertiary/aromatic N) is 5. The molecule has 0 N–H and O–H groups in total. The normalized spacial score (nSPS) is 19.9. The van der Waals surface area contributed by atoms with Crippen molar-refractivity contribution in [1.82, 2.24) is 14.9 Å². The second-order valence-electron chi connectivity index (χ2n) is 7.91. The topological polar surface area (TPSA) is 61.8 Å². The van der Waals surface area contributed by atoms with Crippen LogP contribution in [0.3, 0.4) is 0 Å². The third-order valence-electron chi connectivity index (χ3n) is 5.85. The van der Waals surface area contributed by atoms with Gasteiger partial charge in [-0.05, 0) is 30.9 Å². The van der Waals surface area contributed by atoms with Gasteiger partial charge >= 0.3 is 0 Å². The zero-order valence-electron chi connectivity index (χ0n) is 17.3. The fourth-order valence-electron chi connectivity index (χ4n) is 4.24. The summed E-state index contributed by atoms with van der Waals surface area (Å²) >= 11 is 0. The Kier molecular flexibility index (Phi) is 5.83. The number of piperazine rings is 1. The number of carbonyl (C=O) groups excluding carboxylic acids is 1. The number of anilines is 2. The third-order valence-corrected chi connectivity index (χ3v) is 5.85. The second kappa shape index (κ2) is 8.68. The number of benzene rings is 1. The summed E-state index contributed by atoms with van der Waals surface area (Å²) in [6, 6.07) is 9.95. The molecule has 1 atom stereocenters. The molecule has 154 valence electrons. The van der Waals surface area contributed by atoms with Gasteiger partial charge in [0, 0.05) is 45.3 Å². The maximum absolute atomic E-state index is 12.9. The number of methoxy groups -OCH3 is 1. The maximum atomic E-state index is 12.9. The van der Waals surface area contributed by atoms with E-state index >= 15 is 0 Å². The van der Waals surface area contributed by atoms with Crippen LogP contribution >= 0.6 is 0 Å². The van der Waals surface area contributed by atoms with Crippen LogP contribution < -0.4 is 14.5 Å². The highest BCUT2D eigenvalue weighted by Gasteiger charge is 2.25. The first-order valence-corrected chi connectivity index (χ1v) is 10.4. The Morgan fingerprint density at radius 2 is 1.83 bits per heavy atom. The van der Waals surface area contributed by atoms with Crippen LogP contribution in [0.25, 0.3) is 0 Å². The molecule has 3 heterocycles. The lowest BCUT2D eigenvalue weighted by Gasteiger charge is -2.37. The largest absolute Gasteiger partial charge is 0.495 e. The number of amides is 1. The number of ether oxygens (including phenoxy) is 1. The van der Waals surface area contributed by atoms with Gasteiger partial charge in [-0.3, -0.25) is 4.79 Å². The minimum atomic E-state index is 0.0212. The molecule has 1 unspecified atom stereocenters. The predicted molar refractivity (Wildman–Crippen MR) is 114 cm³/mol. The predicted octanol–water partition coefficient (Wildman–Crippen LogP) is 2.68. The fraction of sp³-hybridized carbons (Fsp3) is 0.500. The average molecular weight is 396 g/mol. The van der Waals surface area contributed by atoms with Gasteiger partial charge in [0.2, 0.25) is 0 Å². The van der Waals surface area contributed by atoms with Crippen LogP contribution in [0, 0.1) is 5.92 Å². The van der Waals surface area contributed by atoms with Crippen LogP contribution in [-0.4, -0.2) is 67.2 Å². The molecule has 7 heteroatoms. The van der Waals surface area contributed by atoms with Crippen molar-refractivity contribution < 1.29 is 9.53 Å². The van der Waals surface area contributed by atoms with Gasteiger partial charge in [-0.2, -0.15) is 0 Å². The molecule has 0 radical (unpaired) electrons. The summed E-state index contributed by atoms with van der Waals surface area (Å²) in [5.41, 5.74) is 1.61. The van der Waals surface area contributed by atoms with Crippen molar-refractivity contribution in [2.75, 3.05) is 56.2 Å². The van der Waals surface area contributed by atoms with Crippen LogP contribution in [-0.2, 0) is 0 Å². The van der Waals surface area contributed by atoms with Gasteiger partial charge in [-0.25, -0.2) is 9.97 Å². The molecule has 1 aromatic carbocycles. The van der Waals surface area contributed by atoms with E-state index in [4.69, 9.17) is 4.74 Å². The van der Waals surface area contributed by atoms with Crippen molar-refractivity contribution in [3.8, 4) is 5.75 Å². The van der Waals surface area contributed by atoms with Gasteiger partial charge in [0.15, 0.2) is 0 Å². The lowest BCUT2D eigenvalue weighted by atomic mass is 10.00. The molecular formula is C22H29N5O2. The summed E-state index contributed by atoms with van der Waals surface area (Å²) in [5.74, 6) is 2.30. The Balaban J connectivity index is 1.42. The van der Waals surface area contributed by atoms with Gasteiger partial charge in [-0.1, -0.05) is 19.1 Å². The standard InChI is InChI=1S/C22H29N5O2/c1-17-6-5-9-27(15-17)22(28)18-14-21(24-16-23-18)26-12-10-25(11-13-26)19-7-3-4-8-20(19)29-2/h3-4,7-8,14,16-17H,5-6,9-13,15H2,1-2H3. The molecule has 4 rings (SSSR count). The third kappa shape index (κ3) is 4.28. The molecule has 1 aromatic heterocycles. The Labute approximate surface area is 172 Å². The van der Waals surface area contributed by atoms with E-state index in [2.05, 4.69) is 32.8 Å². The molecule has 0 aliphatic carbocycles. The van der Waals surface area contributed by atoms with Gasteiger partial charge in [0.25, 0.3) is 5.91 Å². The number of rotatable bonds is 4. The highest BCUT2D eigenvalue weighted by molar-refractivity contribution is 5.93. The first-order valence-electron chi connectivity index (χ1n) is 10.4. The molecule has 0 saturated carbocycles. The van der Waals surface area contributed by atoms with E-state index in [-0.39, 0.29) is 5.91 Å². The summed E-state index contributed by atoms with van der Waals surface area (Å²) in [4.78, 5) is 28.1. The highest BCUT2D eigenvalue weighted by Crippen LogP contribution is 2.29. The molecule has 2 aliphatic heterocycles. The lowest BCUT2D eigenvalue weighted by Crippen LogP contribution is -2.47. The van der Waals surface area contributed by atoms with Crippen molar-refractivity contribution in [2.45, 2.75) is 19.8 Å². The lowest BCUT2D eigenvalue weighted by molar-refractivity contribution is 0.0677. The smallest absolute Gasteiger partial charge is 0.272 e. The van der Waals surface area contributed by atoms with E-state index in [0.29, 0.717) is 11.6 Å². The minimum Gasteiger partial charge on any atom is -0.495 e. The number of likely N-dealkylation sites (tertiary alicyclic amines) is 1. The van der Waals surface area contributed by atoms with Gasteiger partial charge in [-0.15, -0.1) is 0 Å². The van der Waals surface area contributed by atoms with E-state index in [0.717, 1.165) is 62.9 Å². The molecule has 2 fully saturated rings. The van der Waals surface area contributed by atoms with E-state index in [1.807, 2.05) is 29.2 Å². The molecular weight excluding hydrogens is 366 g/mol. The Hall–Kier alpha value is -2.83. The van der Waals surface area contributed by atoms with Crippen molar-refractivity contribution in [1.29, 1.82) is 0 Å². The minimum absolute atomic E-state index is 0.0212. The molecule has 0 spiro atoms. The van der Waals surface area contributed by atoms with Crippen molar-refractivity contribution >= 4 is 17.4 Å². The number of carbonyl (C=O) groups is 1. The van der Waals surface area contributed by atoms with Crippen LogP contribution in [0.1, 0.15) is 30.3 Å². The Bertz CT molecular complexity index is 851. The van der Waals surface area contributed by atoms with Gasteiger partial charge < -0.3 is 19.4 Å². The maximum Gasteiger partial charge on any atom is 0.272 e. The summed E-state index contributed by atoms with van der Waals surface area (Å²) < 4.78 is 5.50. The number of para-hydroxylation sites is 2. The van der Waals surface area contributed by atoms with E-state index < -0.39 is 0 Å². The zero-order chi connectivity index (χ0) is 20.2. The number of aromatic nitrogens is 2. The summed E-state index contributed by atoms with van der Waals surface area (Å²) in [6.45, 7) is 7.25. The monoisotopic (exact) mass is 395 g/mol. The van der Waals surface area contributed by atoms with Crippen LogP contribution in [0.5, 0.6) is 5.75 Å². The molecule has 29 heavy (non-hydrogen) atoms. The second-order valence-corrected chi connectivity index (χ2v) is 7.91. The summed E-state index contributed by atoms with van der Waals surface area (Å²) in [5, 5.41) is 0. The van der Waals surface area contributed by atoms with Gasteiger partial charge in [0.1, 0.15) is 23.6 Å². The van der Waals surface area contributed by atoms with E-state index in [1.165, 1.54) is 12.7 Å². The number of hydrogen-bond acceptors (Lipinski definition) is 6. The van der Waals surface area contributed by atoms with E-state index in [1.54, 1.807) is 7.11 Å². The average Bonchev–Trinajstić information content (AvgIpc) is 2.79. The Morgan fingerprint density at radius 3 is 2.59 bits per heavy atom. The summed E-state index contributed by atoms with van der Waals surface area (Å²) in [7, 11) is 1.71. The molecule has 1 amide bonds. The zero-order valence-corrected chi connectivity index (χ0v) is 17.3. The van der Waals surface area contributed by atoms with Crippen molar-refractivity contribution in [3.05, 3.63) is 42.4 Å². The fourth-order valence-corrected chi connectivity index (χ4v) is 4.24. The molecule has 0 bridgehead atoms. The molecule has 7 nitrogen and oxygen atoms in total. The first-order chi connectivity index (χ1) is 14.2. The Morgan fingerprint density at radius 1 is 1.07 bits per heavy atom. The molecule has 2 aromatic rings. The van der Waals surface area contributed by atoms with Crippen molar-refractivity contribution in [2.24, 2.45) is 5.92 Å². The van der Waals surface area contributed by atoms with Crippen LogP contribution in [0.2, 0.25) is 0 Å². The van der Waals surface area contributed by atoms with Gasteiger partial charge in [0.05, 0.1) is 12.8 Å². The van der Waals surface area contributed by atoms with Crippen LogP contribution in [0.15, 0.2) is 36.7 Å². The molecule has 2 saturated heterocycles. The quantitative estimate of drug-likeness (QED) is 0.793. The summed E-state index contributed by atoms with van der Waals surface area (Å²) in [6.07, 6.45) is 3.77. The molecule has 2 aliphatic rings. The van der Waals surface area contributed by atoms with E-state index in [9.17, 15) is 4.79 Å². The first kappa shape index (κ1) is 19.5. The number of hydrogen-bond donors (Lipinski definition) is 0. The van der Waals surface area contributed by atoms with Crippen LogP contribution in [0.4, 0.5) is 11.5 Å². The number of piperidine rings is 1. The van der Waals surface area contributed by atoms with Crippen molar-refractivity contribution in [3.63, 3.8) is 0 Å². The highest BCUT2D eigenvalue weighted by atomic mass is 16.5. The SMILES string of the molecule is COc1ccccc1N1CCN(c2cc(C(=O)N3CCCC(C)C3)ncn2)CC1.